The summed E-state index contributed by atoms with van der Waals surface area (Å²) in [5, 5.41) is 5.91. The molecule has 0 saturated heterocycles. The fraction of sp³-hybridized carbons (Fsp3) is 0.273. The first-order valence-electron chi connectivity index (χ1n) is 4.86. The molecule has 0 saturated carbocycles. The number of halogens is 1. The molecule has 0 heterocycles. The van der Waals surface area contributed by atoms with Gasteiger partial charge in [-0.1, -0.05) is 13.8 Å². The highest BCUT2D eigenvalue weighted by molar-refractivity contribution is 14.1. The molecular weight excluding hydrogens is 335 g/mol. The Bertz CT molecular complexity index is 389. The molecule has 0 fully saturated rings. The molecule has 0 aliphatic carbocycles. The molecule has 16 heavy (non-hydrogen) atoms. The van der Waals surface area contributed by atoms with Gasteiger partial charge in [0.1, 0.15) is 0 Å². The Labute approximate surface area is 114 Å². The number of rotatable bonds is 2. The Morgan fingerprint density at radius 2 is 1.88 bits per heavy atom. The Morgan fingerprint density at radius 1 is 1.31 bits per heavy atom. The lowest BCUT2D eigenvalue weighted by molar-refractivity contribution is -0.122. The maximum atomic E-state index is 11.4. The van der Waals surface area contributed by atoms with Crippen LogP contribution in [0.15, 0.2) is 24.3 Å². The van der Waals surface area contributed by atoms with Crippen molar-refractivity contribution in [3.8, 4) is 0 Å². The van der Waals surface area contributed by atoms with Crippen LogP contribution in [-0.2, 0) is 4.79 Å². The lowest BCUT2D eigenvalue weighted by Crippen LogP contribution is -2.36. The van der Waals surface area contributed by atoms with Crippen LogP contribution in [0.25, 0.3) is 0 Å². The molecule has 86 valence electrons. The predicted molar refractivity (Wildman–Crippen MR) is 78.4 cm³/mol. The SMILES string of the molecule is CC(C)C(=O)NC(=S)Nc1ccc(I)cc1. The van der Waals surface area contributed by atoms with Crippen LogP contribution in [0.3, 0.4) is 0 Å². The number of amides is 1. The van der Waals surface area contributed by atoms with Crippen molar-refractivity contribution in [2.75, 3.05) is 5.32 Å². The number of carbonyl (C=O) groups is 1. The molecule has 0 spiro atoms. The van der Waals surface area contributed by atoms with E-state index in [1.54, 1.807) is 0 Å². The molecular formula is C11H13IN2OS. The highest BCUT2D eigenvalue weighted by atomic mass is 127. The predicted octanol–water partition coefficient (Wildman–Crippen LogP) is 2.76. The largest absolute Gasteiger partial charge is 0.332 e. The summed E-state index contributed by atoms with van der Waals surface area (Å²) < 4.78 is 1.15. The van der Waals surface area contributed by atoms with E-state index in [1.165, 1.54) is 0 Å². The summed E-state index contributed by atoms with van der Waals surface area (Å²) in [5.74, 6) is -0.153. The number of hydrogen-bond acceptors (Lipinski definition) is 2. The van der Waals surface area contributed by atoms with Crippen LogP contribution in [0.2, 0.25) is 0 Å². The van der Waals surface area contributed by atoms with E-state index in [0.29, 0.717) is 5.11 Å². The van der Waals surface area contributed by atoms with E-state index < -0.39 is 0 Å². The number of nitrogens with one attached hydrogen (secondary N) is 2. The Balaban J connectivity index is 2.52. The molecule has 0 atom stereocenters. The maximum Gasteiger partial charge on any atom is 0.228 e. The van der Waals surface area contributed by atoms with E-state index in [9.17, 15) is 4.79 Å². The van der Waals surface area contributed by atoms with Crippen LogP contribution in [0.1, 0.15) is 13.8 Å². The molecule has 1 amide bonds. The van der Waals surface area contributed by atoms with Crippen molar-refractivity contribution in [3.05, 3.63) is 27.8 Å². The molecule has 0 aliphatic heterocycles. The van der Waals surface area contributed by atoms with Crippen LogP contribution in [0.4, 0.5) is 5.69 Å². The summed E-state index contributed by atoms with van der Waals surface area (Å²) in [4.78, 5) is 11.4. The summed E-state index contributed by atoms with van der Waals surface area (Å²) in [6.07, 6.45) is 0. The fourth-order valence-corrected chi connectivity index (χ4v) is 1.53. The van der Waals surface area contributed by atoms with E-state index in [1.807, 2.05) is 38.1 Å². The van der Waals surface area contributed by atoms with Crippen LogP contribution in [0, 0.1) is 9.49 Å². The van der Waals surface area contributed by atoms with Crippen molar-refractivity contribution in [2.45, 2.75) is 13.8 Å². The maximum absolute atomic E-state index is 11.4. The van der Waals surface area contributed by atoms with E-state index in [-0.39, 0.29) is 11.8 Å². The molecule has 0 radical (unpaired) electrons. The monoisotopic (exact) mass is 348 g/mol. The topological polar surface area (TPSA) is 41.1 Å². The van der Waals surface area contributed by atoms with Gasteiger partial charge in [0.05, 0.1) is 0 Å². The molecule has 0 bridgehead atoms. The van der Waals surface area contributed by atoms with Gasteiger partial charge in [0.15, 0.2) is 5.11 Å². The van der Waals surface area contributed by atoms with Crippen molar-refractivity contribution >= 4 is 51.5 Å². The van der Waals surface area contributed by atoms with Crippen LogP contribution in [-0.4, -0.2) is 11.0 Å². The first-order chi connectivity index (χ1) is 7.49. The van der Waals surface area contributed by atoms with Gasteiger partial charge in [0, 0.05) is 15.2 Å². The second-order valence-electron chi connectivity index (χ2n) is 3.60. The zero-order chi connectivity index (χ0) is 12.1. The minimum atomic E-state index is -0.0805. The quantitative estimate of drug-likeness (QED) is 0.638. The summed E-state index contributed by atoms with van der Waals surface area (Å²) in [5.41, 5.74) is 0.870. The number of thiocarbonyl (C=S) groups is 1. The lowest BCUT2D eigenvalue weighted by atomic mass is 10.2. The Kier molecular flexibility index (Phi) is 5.14. The average molecular weight is 348 g/mol. The zero-order valence-electron chi connectivity index (χ0n) is 9.08. The van der Waals surface area contributed by atoms with Gasteiger partial charge in [-0.15, -0.1) is 0 Å². The van der Waals surface area contributed by atoms with E-state index in [0.717, 1.165) is 9.26 Å². The third kappa shape index (κ3) is 4.44. The van der Waals surface area contributed by atoms with Crippen LogP contribution in [0.5, 0.6) is 0 Å². The van der Waals surface area contributed by atoms with Gasteiger partial charge < -0.3 is 10.6 Å². The van der Waals surface area contributed by atoms with Crippen molar-refractivity contribution in [3.63, 3.8) is 0 Å². The zero-order valence-corrected chi connectivity index (χ0v) is 12.1. The van der Waals surface area contributed by atoms with Gasteiger partial charge in [0.2, 0.25) is 5.91 Å². The number of anilines is 1. The molecule has 0 unspecified atom stereocenters. The van der Waals surface area contributed by atoms with Crippen molar-refractivity contribution in [1.29, 1.82) is 0 Å². The lowest BCUT2D eigenvalue weighted by Gasteiger charge is -2.10. The minimum Gasteiger partial charge on any atom is -0.332 e. The first-order valence-corrected chi connectivity index (χ1v) is 6.35. The number of hydrogen-bond donors (Lipinski definition) is 2. The van der Waals surface area contributed by atoms with Gasteiger partial charge in [-0.2, -0.15) is 0 Å². The van der Waals surface area contributed by atoms with Crippen molar-refractivity contribution < 1.29 is 4.79 Å². The van der Waals surface area contributed by atoms with Gasteiger partial charge in [-0.25, -0.2) is 0 Å². The van der Waals surface area contributed by atoms with E-state index in [4.69, 9.17) is 12.2 Å². The summed E-state index contributed by atoms with van der Waals surface area (Å²) in [6, 6.07) is 7.76. The summed E-state index contributed by atoms with van der Waals surface area (Å²) in [6.45, 7) is 3.64. The normalized spacial score (nSPS) is 10.0. The van der Waals surface area contributed by atoms with Crippen molar-refractivity contribution in [1.82, 2.24) is 5.32 Å². The third-order valence-electron chi connectivity index (χ3n) is 1.86. The highest BCUT2D eigenvalue weighted by Gasteiger charge is 2.08. The minimum absolute atomic E-state index is 0.0727. The second kappa shape index (κ2) is 6.15. The highest BCUT2D eigenvalue weighted by Crippen LogP contribution is 2.10. The molecule has 1 aromatic rings. The average Bonchev–Trinajstić information content (AvgIpc) is 2.21. The van der Waals surface area contributed by atoms with Gasteiger partial charge in [0.25, 0.3) is 0 Å². The number of benzene rings is 1. The smallest absolute Gasteiger partial charge is 0.228 e. The second-order valence-corrected chi connectivity index (χ2v) is 5.26. The van der Waals surface area contributed by atoms with E-state index in [2.05, 4.69) is 33.2 Å². The molecule has 5 heteroatoms. The molecule has 3 nitrogen and oxygen atoms in total. The standard InChI is InChI=1S/C11H13IN2OS/c1-7(2)10(15)14-11(16)13-9-5-3-8(12)4-6-9/h3-7H,1-2H3,(H2,13,14,15,16). The Morgan fingerprint density at radius 3 is 2.38 bits per heavy atom. The third-order valence-corrected chi connectivity index (χ3v) is 2.79. The molecule has 1 rings (SSSR count). The molecule has 1 aromatic carbocycles. The summed E-state index contributed by atoms with van der Waals surface area (Å²) in [7, 11) is 0. The molecule has 0 aromatic heterocycles. The van der Waals surface area contributed by atoms with Gasteiger partial charge >= 0.3 is 0 Å². The Hall–Kier alpha value is -0.690. The first kappa shape index (κ1) is 13.4. The molecule has 0 aliphatic rings. The summed E-state index contributed by atoms with van der Waals surface area (Å²) >= 11 is 7.25. The van der Waals surface area contributed by atoms with Gasteiger partial charge in [-0.3, -0.25) is 4.79 Å². The van der Waals surface area contributed by atoms with Crippen LogP contribution >= 0.6 is 34.8 Å². The van der Waals surface area contributed by atoms with Crippen LogP contribution < -0.4 is 10.6 Å². The van der Waals surface area contributed by atoms with Gasteiger partial charge in [-0.05, 0) is 59.1 Å². The number of carbonyl (C=O) groups excluding carboxylic acids is 1. The van der Waals surface area contributed by atoms with E-state index >= 15 is 0 Å². The van der Waals surface area contributed by atoms with Crippen molar-refractivity contribution in [2.24, 2.45) is 5.92 Å². The molecule has 2 N–H and O–H groups in total. The fourth-order valence-electron chi connectivity index (χ4n) is 0.952.